The fourth-order valence-corrected chi connectivity index (χ4v) is 3.16. The molecule has 1 unspecified atom stereocenters. The Hall–Kier alpha value is -0.740. The molecule has 2 rings (SSSR count). The Morgan fingerprint density at radius 3 is 2.28 bits per heavy atom. The van der Waals surface area contributed by atoms with Crippen molar-refractivity contribution in [3.05, 3.63) is 69.2 Å². The van der Waals surface area contributed by atoms with Gasteiger partial charge in [-0.15, -0.1) is 0 Å². The van der Waals surface area contributed by atoms with Crippen molar-refractivity contribution in [1.82, 2.24) is 0 Å². The average molecular weight is 376 g/mol. The number of hydrogen-bond donors (Lipinski definition) is 0. The lowest BCUT2D eigenvalue weighted by Gasteiger charge is -2.14. The van der Waals surface area contributed by atoms with E-state index in [2.05, 4.69) is 31.9 Å². The molecule has 4 heteroatoms. The molecule has 1 atom stereocenters. The zero-order valence-corrected chi connectivity index (χ0v) is 12.7. The molecule has 0 radical (unpaired) electrons. The monoisotopic (exact) mass is 374 g/mol. The summed E-state index contributed by atoms with van der Waals surface area (Å²) >= 11 is 6.85. The van der Waals surface area contributed by atoms with Crippen molar-refractivity contribution in [3.63, 3.8) is 0 Å². The Balaban J connectivity index is 2.44. The number of hydrogen-bond acceptors (Lipinski definition) is 0. The second kappa shape index (κ2) is 5.49. The summed E-state index contributed by atoms with van der Waals surface area (Å²) in [6, 6.07) is 9.41. The second-order valence-electron chi connectivity index (χ2n) is 4.03. The van der Waals surface area contributed by atoms with Crippen LogP contribution in [0.1, 0.15) is 21.5 Å². The lowest BCUT2D eigenvalue weighted by Crippen LogP contribution is -1.99. The molecule has 0 bridgehead atoms. The summed E-state index contributed by atoms with van der Waals surface area (Å²) in [5, 5.41) is 0. The highest BCUT2D eigenvalue weighted by atomic mass is 79.9. The minimum absolute atomic E-state index is 0.286. The molecule has 0 N–H and O–H groups in total. The summed E-state index contributed by atoms with van der Waals surface area (Å²) in [7, 11) is 0. The predicted octanol–water partition coefficient (Wildman–Crippen LogP) is 5.52. The van der Waals surface area contributed by atoms with Gasteiger partial charge in [-0.25, -0.2) is 8.78 Å². The SMILES string of the molecule is Cc1cc(Br)ccc1C(Br)c1ccc(F)cc1F. The molecule has 0 aliphatic rings. The van der Waals surface area contributed by atoms with E-state index < -0.39 is 11.6 Å². The maximum atomic E-state index is 13.7. The maximum absolute atomic E-state index is 13.7. The van der Waals surface area contributed by atoms with Crippen molar-refractivity contribution in [3.8, 4) is 0 Å². The van der Waals surface area contributed by atoms with E-state index in [1.54, 1.807) is 0 Å². The quantitative estimate of drug-likeness (QED) is 0.606. The van der Waals surface area contributed by atoms with E-state index in [1.165, 1.54) is 12.1 Å². The number of aryl methyl sites for hydroxylation is 1. The molecule has 0 fully saturated rings. The normalized spacial score (nSPS) is 12.5. The maximum Gasteiger partial charge on any atom is 0.130 e. The van der Waals surface area contributed by atoms with E-state index in [4.69, 9.17) is 0 Å². The molecule has 0 spiro atoms. The van der Waals surface area contributed by atoms with Crippen LogP contribution in [0, 0.1) is 18.6 Å². The molecule has 0 aliphatic heterocycles. The van der Waals surface area contributed by atoms with Crippen LogP contribution in [-0.2, 0) is 0 Å². The van der Waals surface area contributed by atoms with Crippen LogP contribution in [0.4, 0.5) is 8.78 Å². The fourth-order valence-electron chi connectivity index (χ4n) is 1.80. The van der Waals surface area contributed by atoms with Crippen molar-refractivity contribution in [2.45, 2.75) is 11.8 Å². The van der Waals surface area contributed by atoms with Crippen molar-refractivity contribution in [2.24, 2.45) is 0 Å². The first kappa shape index (κ1) is 13.7. The van der Waals surface area contributed by atoms with Crippen LogP contribution in [0.25, 0.3) is 0 Å². The third-order valence-electron chi connectivity index (χ3n) is 2.74. The largest absolute Gasteiger partial charge is 0.207 e. The van der Waals surface area contributed by atoms with Crippen LogP contribution >= 0.6 is 31.9 Å². The van der Waals surface area contributed by atoms with Gasteiger partial charge in [0.15, 0.2) is 0 Å². The first-order chi connectivity index (χ1) is 8.49. The van der Waals surface area contributed by atoms with Gasteiger partial charge in [0.1, 0.15) is 11.6 Å². The Morgan fingerprint density at radius 2 is 1.67 bits per heavy atom. The Kier molecular flexibility index (Phi) is 4.17. The van der Waals surface area contributed by atoms with Crippen LogP contribution in [0.5, 0.6) is 0 Å². The molecule has 0 saturated heterocycles. The van der Waals surface area contributed by atoms with E-state index in [0.29, 0.717) is 5.56 Å². The number of halogens is 4. The third kappa shape index (κ3) is 2.81. The Labute approximate surface area is 121 Å². The molecule has 0 aliphatic carbocycles. The zero-order chi connectivity index (χ0) is 13.3. The highest BCUT2D eigenvalue weighted by molar-refractivity contribution is 9.10. The summed E-state index contributed by atoms with van der Waals surface area (Å²) in [6.45, 7) is 1.95. The number of alkyl halides is 1. The third-order valence-corrected chi connectivity index (χ3v) is 4.22. The van der Waals surface area contributed by atoms with Gasteiger partial charge in [-0.2, -0.15) is 0 Å². The summed E-state index contributed by atoms with van der Waals surface area (Å²) in [4.78, 5) is -0.286. The molecule has 0 heterocycles. The van der Waals surface area contributed by atoms with E-state index in [9.17, 15) is 8.78 Å². The molecule has 18 heavy (non-hydrogen) atoms. The van der Waals surface area contributed by atoms with Gasteiger partial charge in [0.25, 0.3) is 0 Å². The van der Waals surface area contributed by atoms with Crippen LogP contribution in [-0.4, -0.2) is 0 Å². The van der Waals surface area contributed by atoms with Gasteiger partial charge in [-0.1, -0.05) is 44.0 Å². The predicted molar refractivity (Wildman–Crippen MR) is 76.0 cm³/mol. The summed E-state index contributed by atoms with van der Waals surface area (Å²) in [6.07, 6.45) is 0. The molecule has 0 saturated carbocycles. The molecule has 0 nitrogen and oxygen atoms in total. The van der Waals surface area contributed by atoms with Gasteiger partial charge in [0, 0.05) is 16.1 Å². The van der Waals surface area contributed by atoms with Gasteiger partial charge in [0.2, 0.25) is 0 Å². The highest BCUT2D eigenvalue weighted by Crippen LogP contribution is 2.35. The van der Waals surface area contributed by atoms with Crippen LogP contribution in [0.3, 0.4) is 0 Å². The fraction of sp³-hybridized carbons (Fsp3) is 0.143. The summed E-state index contributed by atoms with van der Waals surface area (Å²) in [5.74, 6) is -1.11. The minimum atomic E-state index is -0.566. The Bertz CT molecular complexity index is 531. The molecule has 0 amide bonds. The number of rotatable bonds is 2. The zero-order valence-electron chi connectivity index (χ0n) is 9.55. The first-order valence-corrected chi connectivity index (χ1v) is 7.05. The first-order valence-electron chi connectivity index (χ1n) is 5.34. The molecule has 2 aromatic carbocycles. The Morgan fingerprint density at radius 1 is 1.00 bits per heavy atom. The topological polar surface area (TPSA) is 0 Å². The van der Waals surface area contributed by atoms with Gasteiger partial charge in [-0.3, -0.25) is 0 Å². The van der Waals surface area contributed by atoms with Crippen molar-refractivity contribution in [1.29, 1.82) is 0 Å². The molecular formula is C14H10Br2F2. The average Bonchev–Trinajstić information content (AvgIpc) is 2.28. The van der Waals surface area contributed by atoms with Crippen molar-refractivity contribution >= 4 is 31.9 Å². The lowest BCUT2D eigenvalue weighted by atomic mass is 10.00. The van der Waals surface area contributed by atoms with Gasteiger partial charge < -0.3 is 0 Å². The standard InChI is InChI=1S/C14H10Br2F2/c1-8-6-9(15)2-4-11(8)14(16)12-5-3-10(17)7-13(12)18/h2-7,14H,1H3. The highest BCUT2D eigenvalue weighted by Gasteiger charge is 2.17. The lowest BCUT2D eigenvalue weighted by molar-refractivity contribution is 0.574. The van der Waals surface area contributed by atoms with Crippen molar-refractivity contribution < 1.29 is 8.78 Å². The molecular weight excluding hydrogens is 366 g/mol. The van der Waals surface area contributed by atoms with E-state index >= 15 is 0 Å². The number of benzene rings is 2. The molecule has 94 valence electrons. The second-order valence-corrected chi connectivity index (χ2v) is 5.86. The minimum Gasteiger partial charge on any atom is -0.207 e. The van der Waals surface area contributed by atoms with Crippen LogP contribution in [0.15, 0.2) is 40.9 Å². The van der Waals surface area contributed by atoms with Crippen LogP contribution in [0.2, 0.25) is 0 Å². The summed E-state index contributed by atoms with van der Waals surface area (Å²) < 4.78 is 27.6. The van der Waals surface area contributed by atoms with E-state index in [1.807, 2.05) is 25.1 Å². The van der Waals surface area contributed by atoms with E-state index in [-0.39, 0.29) is 4.83 Å². The van der Waals surface area contributed by atoms with E-state index in [0.717, 1.165) is 21.7 Å². The van der Waals surface area contributed by atoms with Crippen molar-refractivity contribution in [2.75, 3.05) is 0 Å². The molecule has 0 aromatic heterocycles. The van der Waals surface area contributed by atoms with Gasteiger partial charge in [0.05, 0.1) is 4.83 Å². The molecule has 2 aromatic rings. The van der Waals surface area contributed by atoms with Gasteiger partial charge in [-0.05, 0) is 36.2 Å². The van der Waals surface area contributed by atoms with Gasteiger partial charge >= 0.3 is 0 Å². The smallest absolute Gasteiger partial charge is 0.130 e. The van der Waals surface area contributed by atoms with Crippen LogP contribution < -0.4 is 0 Å². The summed E-state index contributed by atoms with van der Waals surface area (Å²) in [5.41, 5.74) is 2.43.